The van der Waals surface area contributed by atoms with E-state index in [1.165, 1.54) is 11.3 Å². The van der Waals surface area contributed by atoms with Gasteiger partial charge in [0.15, 0.2) is 6.10 Å². The Labute approximate surface area is 89.7 Å². The Morgan fingerprint density at radius 2 is 2.20 bits per heavy atom. The Balaban J connectivity index is 2.38. The van der Waals surface area contributed by atoms with E-state index in [0.29, 0.717) is 0 Å². The van der Waals surface area contributed by atoms with E-state index < -0.39 is 18.8 Å². The molecule has 1 heterocycles. The summed E-state index contributed by atoms with van der Waals surface area (Å²) in [6.45, 7) is 1.28. The van der Waals surface area contributed by atoms with E-state index in [1.54, 1.807) is 6.92 Å². The molecule has 0 aliphatic rings. The highest BCUT2D eigenvalue weighted by Gasteiger charge is 2.37. The lowest BCUT2D eigenvalue weighted by Crippen LogP contribution is -2.39. The molecule has 86 valence electrons. The molecule has 0 bridgehead atoms. The molecule has 2 N–H and O–H groups in total. The lowest BCUT2D eigenvalue weighted by Gasteiger charge is -2.18. The number of thiophene rings is 1. The van der Waals surface area contributed by atoms with Crippen molar-refractivity contribution in [1.29, 1.82) is 0 Å². The van der Waals surface area contributed by atoms with Gasteiger partial charge in [0.25, 0.3) is 0 Å². The molecular weight excluding hydrogens is 227 g/mol. The van der Waals surface area contributed by atoms with Gasteiger partial charge in [-0.2, -0.15) is 13.2 Å². The van der Waals surface area contributed by atoms with Crippen molar-refractivity contribution in [1.82, 2.24) is 5.32 Å². The number of rotatable bonds is 4. The van der Waals surface area contributed by atoms with Crippen molar-refractivity contribution in [2.75, 3.05) is 6.54 Å². The molecule has 0 spiro atoms. The molecule has 0 aliphatic carbocycles. The van der Waals surface area contributed by atoms with Gasteiger partial charge in [0.1, 0.15) is 0 Å². The number of aliphatic hydroxyl groups is 1. The van der Waals surface area contributed by atoms with Gasteiger partial charge in [-0.25, -0.2) is 0 Å². The highest BCUT2D eigenvalue weighted by molar-refractivity contribution is 7.10. The summed E-state index contributed by atoms with van der Waals surface area (Å²) >= 11 is 1.46. The molecule has 0 saturated carbocycles. The zero-order valence-corrected chi connectivity index (χ0v) is 8.90. The summed E-state index contributed by atoms with van der Waals surface area (Å²) in [5, 5.41) is 13.2. The molecule has 6 heteroatoms. The predicted molar refractivity (Wildman–Crippen MR) is 52.8 cm³/mol. The third-order valence-electron chi connectivity index (χ3n) is 1.97. The summed E-state index contributed by atoms with van der Waals surface area (Å²) in [5.74, 6) is 0. The molecular formula is C9H12F3NOS. The van der Waals surface area contributed by atoms with Crippen LogP contribution < -0.4 is 5.32 Å². The number of hydrogen-bond acceptors (Lipinski definition) is 3. The lowest BCUT2D eigenvalue weighted by atomic mass is 10.2. The summed E-state index contributed by atoms with van der Waals surface area (Å²) < 4.78 is 35.9. The van der Waals surface area contributed by atoms with Gasteiger partial charge in [-0.3, -0.25) is 0 Å². The Morgan fingerprint density at radius 3 is 2.67 bits per heavy atom. The fourth-order valence-electron chi connectivity index (χ4n) is 1.04. The monoisotopic (exact) mass is 239 g/mol. The number of alkyl halides is 3. The number of halogens is 3. The van der Waals surface area contributed by atoms with Crippen molar-refractivity contribution >= 4 is 11.3 Å². The maximum absolute atomic E-state index is 12.0. The van der Waals surface area contributed by atoms with Crippen LogP contribution in [0, 0.1) is 0 Å². The van der Waals surface area contributed by atoms with Crippen LogP contribution >= 0.6 is 11.3 Å². The van der Waals surface area contributed by atoms with Crippen LogP contribution in [0.3, 0.4) is 0 Å². The second-order valence-electron chi connectivity index (χ2n) is 3.20. The molecule has 0 amide bonds. The first-order valence-electron chi connectivity index (χ1n) is 4.43. The van der Waals surface area contributed by atoms with Crippen LogP contribution in [0.1, 0.15) is 17.8 Å². The normalized spacial score (nSPS) is 16.3. The van der Waals surface area contributed by atoms with Crippen LogP contribution in [-0.4, -0.2) is 23.9 Å². The first kappa shape index (κ1) is 12.5. The highest BCUT2D eigenvalue weighted by Crippen LogP contribution is 2.21. The molecule has 0 aliphatic heterocycles. The van der Waals surface area contributed by atoms with Crippen molar-refractivity contribution < 1.29 is 18.3 Å². The average Bonchev–Trinajstić information content (AvgIpc) is 2.64. The van der Waals surface area contributed by atoms with Crippen molar-refractivity contribution in [2.24, 2.45) is 0 Å². The van der Waals surface area contributed by atoms with E-state index in [1.807, 2.05) is 17.5 Å². The smallest absolute Gasteiger partial charge is 0.382 e. The molecule has 1 aromatic rings. The molecule has 1 aromatic heterocycles. The zero-order valence-electron chi connectivity index (χ0n) is 8.08. The van der Waals surface area contributed by atoms with Gasteiger partial charge in [-0.1, -0.05) is 6.07 Å². The van der Waals surface area contributed by atoms with Gasteiger partial charge in [0, 0.05) is 17.5 Å². The minimum absolute atomic E-state index is 0.179. The minimum Gasteiger partial charge on any atom is -0.382 e. The van der Waals surface area contributed by atoms with E-state index >= 15 is 0 Å². The third kappa shape index (κ3) is 3.81. The van der Waals surface area contributed by atoms with Gasteiger partial charge in [0.2, 0.25) is 0 Å². The second-order valence-corrected chi connectivity index (χ2v) is 4.18. The fraction of sp³-hybridized carbons (Fsp3) is 0.556. The molecule has 0 fully saturated rings. The second kappa shape index (κ2) is 4.96. The van der Waals surface area contributed by atoms with Crippen LogP contribution in [0.4, 0.5) is 13.2 Å². The molecule has 1 rings (SSSR count). The fourth-order valence-corrected chi connectivity index (χ4v) is 1.80. The van der Waals surface area contributed by atoms with Crippen molar-refractivity contribution in [3.63, 3.8) is 0 Å². The van der Waals surface area contributed by atoms with Crippen LogP contribution in [0.15, 0.2) is 17.5 Å². The Morgan fingerprint density at radius 1 is 1.53 bits per heavy atom. The first-order valence-corrected chi connectivity index (χ1v) is 5.31. The quantitative estimate of drug-likeness (QED) is 0.845. The topological polar surface area (TPSA) is 32.3 Å². The van der Waals surface area contributed by atoms with Crippen LogP contribution in [-0.2, 0) is 0 Å². The first-order chi connectivity index (χ1) is 6.91. The lowest BCUT2D eigenvalue weighted by molar-refractivity contribution is -0.202. The van der Waals surface area contributed by atoms with Gasteiger partial charge < -0.3 is 10.4 Å². The summed E-state index contributed by atoms with van der Waals surface area (Å²) in [7, 11) is 0. The highest BCUT2D eigenvalue weighted by atomic mass is 32.1. The maximum atomic E-state index is 12.0. The third-order valence-corrected chi connectivity index (χ3v) is 3.02. The molecule has 0 saturated heterocycles. The molecule has 15 heavy (non-hydrogen) atoms. The summed E-state index contributed by atoms with van der Waals surface area (Å²) in [4.78, 5) is 0.948. The van der Waals surface area contributed by atoms with Crippen molar-refractivity contribution in [2.45, 2.75) is 25.2 Å². The summed E-state index contributed by atoms with van der Waals surface area (Å²) in [5.41, 5.74) is 0. The molecule has 1 unspecified atom stereocenters. The van der Waals surface area contributed by atoms with Crippen LogP contribution in [0.5, 0.6) is 0 Å². The maximum Gasteiger partial charge on any atom is 0.415 e. The number of nitrogens with one attached hydrogen (secondary N) is 1. The SMILES string of the molecule is C[C@@H](NCC(O)C(F)(F)F)c1cccs1. The van der Waals surface area contributed by atoms with E-state index in [0.717, 1.165) is 4.88 Å². The summed E-state index contributed by atoms with van der Waals surface area (Å²) in [6.07, 6.45) is -6.86. The minimum atomic E-state index is -4.55. The molecule has 2 atom stereocenters. The predicted octanol–water partition coefficient (Wildman–Crippen LogP) is 2.32. The van der Waals surface area contributed by atoms with Crippen molar-refractivity contribution in [3.8, 4) is 0 Å². The molecule has 0 aromatic carbocycles. The van der Waals surface area contributed by atoms with Gasteiger partial charge in [0.05, 0.1) is 0 Å². The molecule has 2 nitrogen and oxygen atoms in total. The van der Waals surface area contributed by atoms with Crippen molar-refractivity contribution in [3.05, 3.63) is 22.4 Å². The van der Waals surface area contributed by atoms with Gasteiger partial charge in [-0.15, -0.1) is 11.3 Å². The largest absolute Gasteiger partial charge is 0.415 e. The molecule has 0 radical (unpaired) electrons. The van der Waals surface area contributed by atoms with Gasteiger partial charge in [-0.05, 0) is 18.4 Å². The van der Waals surface area contributed by atoms with Gasteiger partial charge >= 0.3 is 6.18 Å². The van der Waals surface area contributed by atoms with E-state index in [4.69, 9.17) is 5.11 Å². The van der Waals surface area contributed by atoms with E-state index in [9.17, 15) is 13.2 Å². The Bertz CT molecular complexity index is 286. The number of aliphatic hydroxyl groups excluding tert-OH is 1. The summed E-state index contributed by atoms with van der Waals surface area (Å²) in [6, 6.07) is 3.49. The van der Waals surface area contributed by atoms with Crippen LogP contribution in [0.25, 0.3) is 0 Å². The Hall–Kier alpha value is -0.590. The average molecular weight is 239 g/mol. The van der Waals surface area contributed by atoms with E-state index in [2.05, 4.69) is 5.32 Å². The van der Waals surface area contributed by atoms with E-state index in [-0.39, 0.29) is 6.04 Å². The van der Waals surface area contributed by atoms with Crippen LogP contribution in [0.2, 0.25) is 0 Å². The standard InChI is InChI=1S/C9H12F3NOS/c1-6(7-3-2-4-15-7)13-5-8(14)9(10,11)12/h2-4,6,8,13-14H,5H2,1H3/t6-,8?/m1/s1. The zero-order chi connectivity index (χ0) is 11.5. The number of hydrogen-bond donors (Lipinski definition) is 2. The Kier molecular flexibility index (Phi) is 4.12.